The molecule has 144 valence electrons. The molecule has 0 bridgehead atoms. The second kappa shape index (κ2) is 16.4. The lowest BCUT2D eigenvalue weighted by molar-refractivity contribution is -0.144. The number of hydrogen-bond acceptors (Lipinski definition) is 8. The molecule has 0 spiro atoms. The topological polar surface area (TPSA) is 72.5 Å². The molecule has 7 nitrogen and oxygen atoms in total. The number of hydrogen-bond donors (Lipinski definition) is 0. The van der Waals surface area contributed by atoms with Gasteiger partial charge in [0.05, 0.1) is 65.9 Å². The Labute approximate surface area is 153 Å². The van der Waals surface area contributed by atoms with Crippen LogP contribution in [0, 0.1) is 0 Å². The molecule has 1 aromatic heterocycles. The highest BCUT2D eigenvalue weighted by molar-refractivity contribution is 7.10. The molecule has 0 unspecified atom stereocenters. The zero-order valence-electron chi connectivity index (χ0n) is 14.8. The molecule has 0 saturated heterocycles. The zero-order chi connectivity index (χ0) is 18.0. The van der Waals surface area contributed by atoms with Crippen LogP contribution in [-0.4, -0.2) is 79.1 Å². The van der Waals surface area contributed by atoms with Gasteiger partial charge in [-0.15, -0.1) is 11.3 Å². The summed E-state index contributed by atoms with van der Waals surface area (Å²) in [6, 6.07) is 3.83. The van der Waals surface area contributed by atoms with Crippen molar-refractivity contribution in [3.05, 3.63) is 22.4 Å². The van der Waals surface area contributed by atoms with Crippen molar-refractivity contribution in [2.24, 2.45) is 0 Å². The number of ether oxygens (including phenoxy) is 6. The van der Waals surface area contributed by atoms with E-state index in [2.05, 4.69) is 0 Å². The first kappa shape index (κ1) is 22.0. The van der Waals surface area contributed by atoms with Gasteiger partial charge in [-0.2, -0.15) is 0 Å². The quantitative estimate of drug-likeness (QED) is 0.302. The summed E-state index contributed by atoms with van der Waals surface area (Å²) in [5, 5.41) is 1.94. The summed E-state index contributed by atoms with van der Waals surface area (Å²) in [4.78, 5) is 12.5. The molecule has 0 aliphatic rings. The maximum atomic E-state index is 11.5. The largest absolute Gasteiger partial charge is 0.463 e. The van der Waals surface area contributed by atoms with Crippen LogP contribution in [0.5, 0.6) is 0 Å². The van der Waals surface area contributed by atoms with Gasteiger partial charge in [-0.25, -0.2) is 0 Å². The molecule has 1 rings (SSSR count). The molecule has 0 N–H and O–H groups in total. The molecule has 1 aromatic rings. The Kier molecular flexibility index (Phi) is 14.5. The number of methoxy groups -OCH3 is 1. The molecule has 0 aromatic carbocycles. The molecule has 0 amide bonds. The molecule has 25 heavy (non-hydrogen) atoms. The van der Waals surface area contributed by atoms with Crippen LogP contribution in [0.15, 0.2) is 17.5 Å². The molecular formula is C17H28O7S. The fraction of sp³-hybridized carbons (Fsp3) is 0.706. The van der Waals surface area contributed by atoms with Crippen molar-refractivity contribution < 1.29 is 33.2 Å². The van der Waals surface area contributed by atoms with Crippen LogP contribution < -0.4 is 0 Å². The van der Waals surface area contributed by atoms with Gasteiger partial charge in [-0.05, 0) is 11.4 Å². The van der Waals surface area contributed by atoms with Gasteiger partial charge in [0.15, 0.2) is 0 Å². The number of esters is 1. The lowest BCUT2D eigenvalue weighted by atomic mass is 10.3. The summed E-state index contributed by atoms with van der Waals surface area (Å²) in [5.41, 5.74) is 0. The Morgan fingerprint density at radius 3 is 1.84 bits per heavy atom. The minimum atomic E-state index is -0.231. The fourth-order valence-electron chi connectivity index (χ4n) is 1.72. The molecule has 0 aliphatic heterocycles. The van der Waals surface area contributed by atoms with E-state index in [0.717, 1.165) is 4.88 Å². The Morgan fingerprint density at radius 2 is 1.36 bits per heavy atom. The summed E-state index contributed by atoms with van der Waals surface area (Å²) in [7, 11) is 1.64. The van der Waals surface area contributed by atoms with E-state index in [4.69, 9.17) is 28.4 Å². The number of thiophene rings is 1. The van der Waals surface area contributed by atoms with Crippen LogP contribution in [-0.2, 0) is 39.6 Å². The van der Waals surface area contributed by atoms with Crippen LogP contribution in [0.3, 0.4) is 0 Å². The maximum absolute atomic E-state index is 11.5. The maximum Gasteiger partial charge on any atom is 0.311 e. The van der Waals surface area contributed by atoms with Crippen molar-refractivity contribution >= 4 is 17.3 Å². The fourth-order valence-corrected chi connectivity index (χ4v) is 2.42. The van der Waals surface area contributed by atoms with Crippen molar-refractivity contribution in [1.29, 1.82) is 0 Å². The Morgan fingerprint density at radius 1 is 0.840 bits per heavy atom. The third kappa shape index (κ3) is 13.9. The van der Waals surface area contributed by atoms with Gasteiger partial charge < -0.3 is 28.4 Å². The first-order valence-corrected chi connectivity index (χ1v) is 9.19. The summed E-state index contributed by atoms with van der Waals surface area (Å²) < 4.78 is 31.2. The lowest BCUT2D eigenvalue weighted by Crippen LogP contribution is -2.15. The van der Waals surface area contributed by atoms with Crippen LogP contribution in [0.2, 0.25) is 0 Å². The van der Waals surface area contributed by atoms with Gasteiger partial charge in [0.2, 0.25) is 0 Å². The zero-order valence-corrected chi connectivity index (χ0v) is 15.6. The molecule has 0 aliphatic carbocycles. The van der Waals surface area contributed by atoms with Gasteiger partial charge in [-0.1, -0.05) is 6.07 Å². The number of rotatable bonds is 17. The van der Waals surface area contributed by atoms with E-state index >= 15 is 0 Å². The molecule has 0 atom stereocenters. The number of carbonyl (C=O) groups excluding carboxylic acids is 1. The molecular weight excluding hydrogens is 348 g/mol. The van der Waals surface area contributed by atoms with E-state index in [1.807, 2.05) is 17.5 Å². The monoisotopic (exact) mass is 376 g/mol. The molecule has 0 saturated carbocycles. The number of carbonyl (C=O) groups is 1. The van der Waals surface area contributed by atoms with E-state index < -0.39 is 0 Å². The standard InChI is InChI=1S/C17H28O7S/c1-19-4-5-20-6-7-21-8-9-22-10-11-23-12-13-24-17(18)15-16-3-2-14-25-16/h2-3,14H,4-13,15H2,1H3. The van der Waals surface area contributed by atoms with Gasteiger partial charge in [0.1, 0.15) is 6.61 Å². The normalized spacial score (nSPS) is 10.9. The Hall–Kier alpha value is -1.03. The second-order valence-corrected chi connectivity index (χ2v) is 5.95. The van der Waals surface area contributed by atoms with Crippen molar-refractivity contribution in [3.63, 3.8) is 0 Å². The van der Waals surface area contributed by atoms with Crippen molar-refractivity contribution in [3.8, 4) is 0 Å². The predicted octanol–water partition coefficient (Wildman–Crippen LogP) is 1.55. The minimum Gasteiger partial charge on any atom is -0.463 e. The first-order valence-electron chi connectivity index (χ1n) is 8.31. The Balaban J connectivity index is 1.74. The van der Waals surface area contributed by atoms with E-state index in [-0.39, 0.29) is 12.6 Å². The van der Waals surface area contributed by atoms with Crippen LogP contribution >= 0.6 is 11.3 Å². The van der Waals surface area contributed by atoms with E-state index in [1.54, 1.807) is 18.4 Å². The first-order chi connectivity index (χ1) is 12.3. The van der Waals surface area contributed by atoms with Gasteiger partial charge in [0, 0.05) is 12.0 Å². The average Bonchev–Trinajstić information content (AvgIpc) is 3.11. The van der Waals surface area contributed by atoms with Gasteiger partial charge >= 0.3 is 5.97 Å². The SMILES string of the molecule is COCCOCCOCCOCCOCCOC(=O)Cc1cccs1. The highest BCUT2D eigenvalue weighted by Crippen LogP contribution is 2.09. The van der Waals surface area contributed by atoms with Crippen molar-refractivity contribution in [2.45, 2.75) is 6.42 Å². The predicted molar refractivity (Wildman–Crippen MR) is 94.1 cm³/mol. The third-order valence-electron chi connectivity index (χ3n) is 2.94. The van der Waals surface area contributed by atoms with Crippen LogP contribution in [0.4, 0.5) is 0 Å². The van der Waals surface area contributed by atoms with Crippen LogP contribution in [0.25, 0.3) is 0 Å². The van der Waals surface area contributed by atoms with E-state index in [0.29, 0.717) is 65.9 Å². The third-order valence-corrected chi connectivity index (χ3v) is 3.81. The molecule has 0 fully saturated rings. The second-order valence-electron chi connectivity index (χ2n) is 4.92. The minimum absolute atomic E-state index is 0.231. The smallest absolute Gasteiger partial charge is 0.311 e. The summed E-state index contributed by atoms with van der Waals surface area (Å²) in [6.07, 6.45) is 0.318. The molecule has 1 heterocycles. The molecule has 0 radical (unpaired) electrons. The van der Waals surface area contributed by atoms with Crippen molar-refractivity contribution in [1.82, 2.24) is 0 Å². The lowest BCUT2D eigenvalue weighted by Gasteiger charge is -2.08. The summed E-state index contributed by atoms with van der Waals surface area (Å²) in [6.45, 7) is 4.88. The summed E-state index contributed by atoms with van der Waals surface area (Å²) in [5.74, 6) is -0.231. The van der Waals surface area contributed by atoms with Gasteiger partial charge in [-0.3, -0.25) is 4.79 Å². The average molecular weight is 376 g/mol. The molecule has 8 heteroatoms. The van der Waals surface area contributed by atoms with Crippen molar-refractivity contribution in [2.75, 3.05) is 73.2 Å². The highest BCUT2D eigenvalue weighted by atomic mass is 32.1. The van der Waals surface area contributed by atoms with Crippen LogP contribution in [0.1, 0.15) is 4.88 Å². The van der Waals surface area contributed by atoms with E-state index in [1.165, 1.54) is 0 Å². The van der Waals surface area contributed by atoms with Gasteiger partial charge in [0.25, 0.3) is 0 Å². The Bertz CT molecular complexity index is 411. The highest BCUT2D eigenvalue weighted by Gasteiger charge is 2.05. The van der Waals surface area contributed by atoms with E-state index in [9.17, 15) is 4.79 Å². The summed E-state index contributed by atoms with van der Waals surface area (Å²) >= 11 is 1.54.